The number of sulfonamides is 1. The number of hydrogen-bond acceptors (Lipinski definition) is 5. The van der Waals surface area contributed by atoms with Crippen LogP contribution in [-0.4, -0.2) is 26.5 Å². The summed E-state index contributed by atoms with van der Waals surface area (Å²) < 4.78 is 35.1. The monoisotopic (exact) mass is 464 g/mol. The van der Waals surface area contributed by atoms with Gasteiger partial charge in [0.25, 0.3) is 15.7 Å². The molecule has 0 bridgehead atoms. The largest absolute Gasteiger partial charge is 0.373 e. The van der Waals surface area contributed by atoms with Crippen molar-refractivity contribution < 1.29 is 18.1 Å². The van der Waals surface area contributed by atoms with Gasteiger partial charge in [-0.3, -0.25) is 14.4 Å². The number of nitrogens with zero attached hydrogens (tertiary/aromatic N) is 2. The van der Waals surface area contributed by atoms with Gasteiger partial charge in [0.15, 0.2) is 0 Å². The fraction of sp³-hybridized carbons (Fsp3) is 0.280. The number of anilines is 1. The van der Waals surface area contributed by atoms with Crippen molar-refractivity contribution in [2.75, 3.05) is 17.5 Å². The second-order valence-corrected chi connectivity index (χ2v) is 10.5. The van der Waals surface area contributed by atoms with Crippen LogP contribution in [0.3, 0.4) is 0 Å². The Morgan fingerprint density at radius 3 is 2.39 bits per heavy atom. The number of nitro benzene ring substituents is 1. The Morgan fingerprint density at radius 1 is 1.00 bits per heavy atom. The number of rotatable bonds is 4. The minimum atomic E-state index is -3.78. The smallest absolute Gasteiger partial charge is 0.269 e. The van der Waals surface area contributed by atoms with E-state index in [9.17, 15) is 18.5 Å². The van der Waals surface area contributed by atoms with Crippen molar-refractivity contribution >= 4 is 21.4 Å². The van der Waals surface area contributed by atoms with Crippen LogP contribution in [0.25, 0.3) is 0 Å². The average molecular weight is 465 g/mol. The highest BCUT2D eigenvalue weighted by Crippen LogP contribution is 2.50. The molecule has 0 aromatic heterocycles. The molecule has 1 fully saturated rings. The molecule has 0 unspecified atom stereocenters. The Labute approximate surface area is 192 Å². The summed E-state index contributed by atoms with van der Waals surface area (Å²) >= 11 is 0. The zero-order valence-corrected chi connectivity index (χ0v) is 18.9. The third-order valence-corrected chi connectivity index (χ3v) is 8.45. The van der Waals surface area contributed by atoms with E-state index in [0.29, 0.717) is 12.3 Å². The van der Waals surface area contributed by atoms with Crippen LogP contribution in [0.15, 0.2) is 77.7 Å². The lowest BCUT2D eigenvalue weighted by Gasteiger charge is -2.46. The second kappa shape index (κ2) is 8.28. The maximum atomic E-state index is 13.7. The molecule has 7 nitrogen and oxygen atoms in total. The molecule has 2 aliphatic rings. The summed E-state index contributed by atoms with van der Waals surface area (Å²) in [5, 5.41) is 11.1. The predicted molar refractivity (Wildman–Crippen MR) is 125 cm³/mol. The van der Waals surface area contributed by atoms with Crippen molar-refractivity contribution in [1.29, 1.82) is 0 Å². The first-order valence-electron chi connectivity index (χ1n) is 10.9. The molecule has 3 aromatic rings. The quantitative estimate of drug-likeness (QED) is 0.402. The Kier molecular flexibility index (Phi) is 5.42. The number of hydrogen-bond donors (Lipinski definition) is 0. The van der Waals surface area contributed by atoms with Crippen LogP contribution >= 0.6 is 0 Å². The molecule has 3 atom stereocenters. The fourth-order valence-electron chi connectivity index (χ4n) is 4.99. The Hall–Kier alpha value is -3.23. The van der Waals surface area contributed by atoms with E-state index in [2.05, 4.69) is 0 Å². The number of para-hydroxylation sites is 1. The van der Waals surface area contributed by atoms with Crippen LogP contribution in [0.2, 0.25) is 0 Å². The van der Waals surface area contributed by atoms with Crippen molar-refractivity contribution in [3.63, 3.8) is 0 Å². The predicted octanol–water partition coefficient (Wildman–Crippen LogP) is 4.97. The molecule has 0 amide bonds. The van der Waals surface area contributed by atoms with Crippen molar-refractivity contribution in [1.82, 2.24) is 0 Å². The first-order valence-corrected chi connectivity index (χ1v) is 12.3. The van der Waals surface area contributed by atoms with Crippen molar-refractivity contribution in [3.05, 3.63) is 99.6 Å². The van der Waals surface area contributed by atoms with E-state index in [-0.39, 0.29) is 35.1 Å². The molecule has 0 aliphatic carbocycles. The van der Waals surface area contributed by atoms with Crippen LogP contribution < -0.4 is 4.31 Å². The van der Waals surface area contributed by atoms with Gasteiger partial charge in [-0.1, -0.05) is 35.9 Å². The average Bonchev–Trinajstić information content (AvgIpc) is 2.83. The van der Waals surface area contributed by atoms with E-state index < -0.39 is 14.9 Å². The standard InChI is InChI=1S/C25H24N2O5S/c1-17-6-12-20(13-7-17)33(30,31)26-16-23-21(22-4-2-3-5-24(22)26)14-15-32-25(23)18-8-10-19(11-9-18)27(28)29/h2-13,21,23,25H,14-16H2,1H3/t21-,23+,25+/m0/s1. The number of benzene rings is 3. The summed E-state index contributed by atoms with van der Waals surface area (Å²) in [5.41, 5.74) is 3.54. The molecule has 3 aromatic carbocycles. The Morgan fingerprint density at radius 2 is 1.70 bits per heavy atom. The molecular weight excluding hydrogens is 440 g/mol. The zero-order chi connectivity index (χ0) is 23.2. The number of fused-ring (bicyclic) bond motifs is 3. The molecule has 0 N–H and O–H groups in total. The highest BCUT2D eigenvalue weighted by atomic mass is 32.2. The minimum Gasteiger partial charge on any atom is -0.373 e. The van der Waals surface area contributed by atoms with Crippen LogP contribution in [0, 0.1) is 23.0 Å². The number of ether oxygens (including phenoxy) is 1. The van der Waals surface area contributed by atoms with Crippen LogP contribution in [0.5, 0.6) is 0 Å². The molecule has 33 heavy (non-hydrogen) atoms. The summed E-state index contributed by atoms with van der Waals surface area (Å²) in [6, 6.07) is 20.9. The molecule has 0 radical (unpaired) electrons. The molecule has 0 saturated carbocycles. The number of nitro groups is 1. The Bertz CT molecular complexity index is 1290. The lowest BCUT2D eigenvalue weighted by atomic mass is 9.74. The molecule has 5 rings (SSSR count). The molecule has 170 valence electrons. The van der Waals surface area contributed by atoms with Crippen LogP contribution in [-0.2, 0) is 14.8 Å². The van der Waals surface area contributed by atoms with E-state index in [1.165, 1.54) is 16.4 Å². The molecule has 1 saturated heterocycles. The summed E-state index contributed by atoms with van der Waals surface area (Å²) in [6.07, 6.45) is 0.442. The van der Waals surface area contributed by atoms with Gasteiger partial charge in [-0.2, -0.15) is 0 Å². The maximum absolute atomic E-state index is 13.7. The summed E-state index contributed by atoms with van der Waals surface area (Å²) in [5.74, 6) is 0.0231. The SMILES string of the molecule is Cc1ccc(S(=O)(=O)N2C[C@H]3[C@@H](c4ccc([N+](=O)[O-])cc4)OCC[C@H]3c3ccccc32)cc1. The maximum Gasteiger partial charge on any atom is 0.269 e. The number of non-ortho nitro benzene ring substituents is 1. The molecular formula is C25H24N2O5S. The van der Waals surface area contributed by atoms with Crippen molar-refractivity contribution in [2.45, 2.75) is 30.3 Å². The molecule has 8 heteroatoms. The summed E-state index contributed by atoms with van der Waals surface area (Å²) in [7, 11) is -3.78. The van der Waals surface area contributed by atoms with Crippen LogP contribution in [0.4, 0.5) is 11.4 Å². The highest BCUT2D eigenvalue weighted by molar-refractivity contribution is 7.92. The third-order valence-electron chi connectivity index (χ3n) is 6.65. The first-order chi connectivity index (χ1) is 15.9. The lowest BCUT2D eigenvalue weighted by molar-refractivity contribution is -0.384. The zero-order valence-electron chi connectivity index (χ0n) is 18.1. The third kappa shape index (κ3) is 3.79. The normalized spacial score (nSPS) is 22.3. The summed E-state index contributed by atoms with van der Waals surface area (Å²) in [6.45, 7) is 2.74. The van der Waals surface area contributed by atoms with Gasteiger partial charge in [-0.15, -0.1) is 0 Å². The van der Waals surface area contributed by atoms with Crippen molar-refractivity contribution in [3.8, 4) is 0 Å². The molecule has 2 aliphatic heterocycles. The molecule has 2 heterocycles. The second-order valence-electron chi connectivity index (χ2n) is 8.61. The van der Waals surface area contributed by atoms with E-state index >= 15 is 0 Å². The van der Waals surface area contributed by atoms with Gasteiger partial charge in [0.2, 0.25) is 0 Å². The minimum absolute atomic E-state index is 0.0173. The molecule has 0 spiro atoms. The van der Waals surface area contributed by atoms with Crippen molar-refractivity contribution in [2.24, 2.45) is 5.92 Å². The van der Waals surface area contributed by atoms with Gasteiger partial charge in [0.1, 0.15) is 0 Å². The van der Waals surface area contributed by atoms with Gasteiger partial charge in [0, 0.05) is 31.2 Å². The Balaban J connectivity index is 1.57. The van der Waals surface area contributed by atoms with Gasteiger partial charge in [-0.25, -0.2) is 8.42 Å². The lowest BCUT2D eigenvalue weighted by Crippen LogP contribution is -2.46. The highest BCUT2D eigenvalue weighted by Gasteiger charge is 2.44. The number of aryl methyl sites for hydroxylation is 1. The van der Waals surface area contributed by atoms with Crippen LogP contribution in [0.1, 0.15) is 35.1 Å². The van der Waals surface area contributed by atoms with Gasteiger partial charge in [-0.05, 0) is 60.7 Å². The van der Waals surface area contributed by atoms with E-state index in [0.717, 1.165) is 23.1 Å². The van der Waals surface area contributed by atoms with Gasteiger partial charge in [0.05, 0.1) is 21.6 Å². The van der Waals surface area contributed by atoms with Gasteiger partial charge < -0.3 is 4.74 Å². The summed E-state index contributed by atoms with van der Waals surface area (Å²) in [4.78, 5) is 10.9. The first kappa shape index (κ1) is 21.6. The van der Waals surface area contributed by atoms with E-state index in [1.54, 1.807) is 36.4 Å². The fourth-order valence-corrected chi connectivity index (χ4v) is 6.52. The topological polar surface area (TPSA) is 89.8 Å². The van der Waals surface area contributed by atoms with E-state index in [4.69, 9.17) is 4.74 Å². The van der Waals surface area contributed by atoms with Gasteiger partial charge >= 0.3 is 0 Å². The van der Waals surface area contributed by atoms with E-state index in [1.807, 2.05) is 31.2 Å².